The van der Waals surface area contributed by atoms with E-state index in [2.05, 4.69) is 43.0 Å². The van der Waals surface area contributed by atoms with Gasteiger partial charge in [0.15, 0.2) is 5.69 Å². The second-order valence-electron chi connectivity index (χ2n) is 18.3. The van der Waals surface area contributed by atoms with Gasteiger partial charge in [0.1, 0.15) is 11.4 Å². The van der Waals surface area contributed by atoms with Crippen LogP contribution in [0.1, 0.15) is 97.0 Å². The van der Waals surface area contributed by atoms with Gasteiger partial charge in [0.05, 0.1) is 28.9 Å². The molecule has 4 aromatic rings. The molecule has 3 aliphatic rings. The summed E-state index contributed by atoms with van der Waals surface area (Å²) in [5.74, 6) is -0.668. The first kappa shape index (κ1) is 47.2. The lowest BCUT2D eigenvalue weighted by molar-refractivity contribution is -0.131. The molecule has 3 fully saturated rings. The van der Waals surface area contributed by atoms with E-state index in [0.717, 1.165) is 57.4 Å². The van der Waals surface area contributed by atoms with Crippen molar-refractivity contribution >= 4 is 40.3 Å². The number of benzene rings is 2. The predicted molar refractivity (Wildman–Crippen MR) is 247 cm³/mol. The number of pyridine rings is 1. The Morgan fingerprint density at radius 3 is 2.31 bits per heavy atom. The maximum atomic E-state index is 15.0. The molecule has 0 spiro atoms. The molecule has 7 rings (SSSR count). The van der Waals surface area contributed by atoms with Gasteiger partial charge >= 0.3 is 6.09 Å². The summed E-state index contributed by atoms with van der Waals surface area (Å²) in [6, 6.07) is 13.5. The van der Waals surface area contributed by atoms with E-state index in [1.54, 1.807) is 55.0 Å². The number of nitrogens with one attached hydrogen (secondary N) is 4. The molecule has 2 aromatic carbocycles. The van der Waals surface area contributed by atoms with E-state index in [9.17, 15) is 28.4 Å². The molecule has 0 saturated carbocycles. The van der Waals surface area contributed by atoms with Crippen LogP contribution in [0.2, 0.25) is 0 Å². The molecule has 1 unspecified atom stereocenters. The van der Waals surface area contributed by atoms with Gasteiger partial charge in [-0.3, -0.25) is 24.5 Å². The molecule has 4 amide bonds. The Labute approximate surface area is 379 Å². The number of piperazine rings is 1. The van der Waals surface area contributed by atoms with Crippen molar-refractivity contribution in [2.45, 2.75) is 71.3 Å². The number of H-pyrrole nitrogens is 1. The Bertz CT molecular complexity index is 2390. The van der Waals surface area contributed by atoms with Gasteiger partial charge in [-0.1, -0.05) is 31.2 Å². The number of ether oxygens (including phenoxy) is 1. The minimum Gasteiger partial charge on any atom is -0.444 e. The molecule has 0 bridgehead atoms. The number of rotatable bonds is 14. The van der Waals surface area contributed by atoms with E-state index in [1.165, 1.54) is 12.1 Å². The van der Waals surface area contributed by atoms with Gasteiger partial charge in [0, 0.05) is 76.9 Å². The minimum absolute atomic E-state index is 0.0382. The van der Waals surface area contributed by atoms with Crippen molar-refractivity contribution in [3.8, 4) is 0 Å². The molecular weight excluding hydrogens is 832 g/mol. The highest BCUT2D eigenvalue weighted by Gasteiger charge is 2.30. The van der Waals surface area contributed by atoms with Crippen molar-refractivity contribution in [3.05, 3.63) is 99.0 Å². The van der Waals surface area contributed by atoms with E-state index >= 15 is 0 Å². The Morgan fingerprint density at radius 1 is 0.862 bits per heavy atom. The number of aromatic amines is 1. The fourth-order valence-corrected chi connectivity index (χ4v) is 8.95. The second-order valence-corrected chi connectivity index (χ2v) is 18.3. The average molecular weight is 895 g/mol. The summed E-state index contributed by atoms with van der Waals surface area (Å²) in [4.78, 5) is 77.6. The summed E-state index contributed by atoms with van der Waals surface area (Å²) in [5.41, 5.74) is 1.89. The highest BCUT2D eigenvalue weighted by Crippen LogP contribution is 2.31. The maximum Gasteiger partial charge on any atom is 0.412 e. The largest absolute Gasteiger partial charge is 0.444 e. The number of carbonyl (C=O) groups is 4. The van der Waals surface area contributed by atoms with Crippen LogP contribution in [-0.2, 0) is 16.0 Å². The fraction of sp³-hybridized carbons (Fsp3) is 0.521. The van der Waals surface area contributed by atoms with Crippen LogP contribution in [0.5, 0.6) is 0 Å². The van der Waals surface area contributed by atoms with Crippen molar-refractivity contribution in [1.29, 1.82) is 0 Å². The molecular formula is C48H63FN10O6. The number of fused-ring (bicyclic) bond motifs is 1. The normalized spacial score (nSPS) is 17.6. The molecule has 2 aromatic heterocycles. The lowest BCUT2D eigenvalue weighted by atomic mass is 9.91. The van der Waals surface area contributed by atoms with Crippen LogP contribution < -0.4 is 21.5 Å². The summed E-state index contributed by atoms with van der Waals surface area (Å²) in [5, 5.41) is 17.5. The molecule has 17 heteroatoms. The van der Waals surface area contributed by atoms with Gasteiger partial charge in [0.25, 0.3) is 17.4 Å². The summed E-state index contributed by atoms with van der Waals surface area (Å²) >= 11 is 0. The summed E-state index contributed by atoms with van der Waals surface area (Å²) in [6.07, 6.45) is 5.24. The van der Waals surface area contributed by atoms with Gasteiger partial charge in [-0.2, -0.15) is 5.10 Å². The van der Waals surface area contributed by atoms with Gasteiger partial charge in [-0.05, 0) is 113 Å². The first-order valence-electron chi connectivity index (χ1n) is 23.0. The lowest BCUT2D eigenvalue weighted by Gasteiger charge is -2.35. The maximum absolute atomic E-state index is 15.0. The smallest absolute Gasteiger partial charge is 0.412 e. The number of anilines is 1. The summed E-state index contributed by atoms with van der Waals surface area (Å²) in [7, 11) is 0. The number of carbonyl (C=O) groups excluding carboxylic acids is 4. The average Bonchev–Trinajstić information content (AvgIpc) is 3.30. The zero-order valence-corrected chi connectivity index (χ0v) is 38.1. The third-order valence-electron chi connectivity index (χ3n) is 12.6. The molecule has 5 heterocycles. The van der Waals surface area contributed by atoms with E-state index < -0.39 is 23.4 Å². The van der Waals surface area contributed by atoms with Crippen LogP contribution in [-0.4, -0.2) is 149 Å². The highest BCUT2D eigenvalue weighted by molar-refractivity contribution is 6.01. The van der Waals surface area contributed by atoms with Crippen LogP contribution >= 0.6 is 0 Å². The molecule has 0 radical (unpaired) electrons. The van der Waals surface area contributed by atoms with E-state index in [0.29, 0.717) is 79.3 Å². The molecule has 16 nitrogen and oxygen atoms in total. The SMILES string of the molecule is CCN1CCCC(c2cnc(C(=O)N3CCC(CNCCNCC(=O)N4CCN(C(=O)c5cc(Cc6n[nH]c(=O)c7ccccc67)ccc5F)CC4)CC3)c(NC(=O)OC(C)(C)C)c2)C1. The monoisotopic (exact) mass is 894 g/mol. The summed E-state index contributed by atoms with van der Waals surface area (Å²) < 4.78 is 20.5. The fourth-order valence-electron chi connectivity index (χ4n) is 8.95. The second kappa shape index (κ2) is 21.5. The Morgan fingerprint density at radius 2 is 1.57 bits per heavy atom. The molecule has 3 saturated heterocycles. The third kappa shape index (κ3) is 12.3. The number of hydrogen-bond acceptors (Lipinski definition) is 11. The number of likely N-dealkylation sites (N-methyl/N-ethyl adjacent to an activating group) is 1. The number of nitrogens with zero attached hydrogens (tertiary/aromatic N) is 6. The zero-order valence-electron chi connectivity index (χ0n) is 38.1. The molecule has 4 N–H and O–H groups in total. The first-order chi connectivity index (χ1) is 31.3. The first-order valence-corrected chi connectivity index (χ1v) is 23.0. The van der Waals surface area contributed by atoms with Crippen molar-refractivity contribution in [3.63, 3.8) is 0 Å². The Kier molecular flexibility index (Phi) is 15.6. The number of amides is 4. The van der Waals surface area contributed by atoms with Gasteiger partial charge in [0.2, 0.25) is 5.91 Å². The molecule has 3 aliphatic heterocycles. The highest BCUT2D eigenvalue weighted by atomic mass is 19.1. The van der Waals surface area contributed by atoms with Gasteiger partial charge in [-0.15, -0.1) is 0 Å². The summed E-state index contributed by atoms with van der Waals surface area (Å²) in [6.45, 7) is 15.2. The lowest BCUT2D eigenvalue weighted by Crippen LogP contribution is -2.52. The number of piperidine rings is 2. The van der Waals surface area contributed by atoms with Crippen LogP contribution in [0, 0.1) is 11.7 Å². The Balaban J connectivity index is 0.812. The third-order valence-corrected chi connectivity index (χ3v) is 12.6. The van der Waals surface area contributed by atoms with E-state index in [4.69, 9.17) is 4.74 Å². The van der Waals surface area contributed by atoms with Crippen molar-refractivity contribution in [1.82, 2.24) is 45.4 Å². The van der Waals surface area contributed by atoms with E-state index in [1.807, 2.05) is 23.1 Å². The number of halogens is 1. The quantitative estimate of drug-likeness (QED) is 0.130. The van der Waals surface area contributed by atoms with Crippen LogP contribution in [0.4, 0.5) is 14.9 Å². The Hall–Kier alpha value is -5.78. The van der Waals surface area contributed by atoms with Crippen molar-refractivity contribution in [2.24, 2.45) is 5.92 Å². The molecule has 65 heavy (non-hydrogen) atoms. The van der Waals surface area contributed by atoms with Crippen molar-refractivity contribution in [2.75, 3.05) is 90.4 Å². The minimum atomic E-state index is -0.694. The number of aromatic nitrogens is 3. The topological polar surface area (TPSA) is 185 Å². The van der Waals surface area contributed by atoms with Crippen LogP contribution in [0.3, 0.4) is 0 Å². The number of hydrogen-bond donors (Lipinski definition) is 4. The molecule has 0 aliphatic carbocycles. The van der Waals surface area contributed by atoms with E-state index in [-0.39, 0.29) is 54.2 Å². The number of likely N-dealkylation sites (tertiary alicyclic amines) is 2. The van der Waals surface area contributed by atoms with Gasteiger partial charge < -0.3 is 35.0 Å². The van der Waals surface area contributed by atoms with Crippen molar-refractivity contribution < 1.29 is 28.3 Å². The van der Waals surface area contributed by atoms with Gasteiger partial charge in [-0.25, -0.2) is 19.3 Å². The van der Waals surface area contributed by atoms with Crippen LogP contribution in [0.25, 0.3) is 10.8 Å². The standard InChI is InChI=1S/C48H63FN10O6/c1-5-56-18-8-9-34(31-56)35-27-41(53-47(64)65-48(2,3)4)43(52-29-35)46(63)58-19-14-32(15-20-58)28-50-16-17-51-30-42(60)57-21-23-59(24-22-57)45(62)38-25-33(12-13-39(38)49)26-40-36-10-6-7-11-37(36)44(61)55-54-40/h6-7,10-13,25,27,29,32,34,50-51H,5,8-9,14-24,26,28,30-31H2,1-4H3,(H,53,64)(H,55,61). The molecule has 348 valence electrons. The van der Waals surface area contributed by atoms with Crippen LogP contribution in [0.15, 0.2) is 59.5 Å². The zero-order chi connectivity index (χ0) is 46.1. The predicted octanol–water partition coefficient (Wildman–Crippen LogP) is 4.61. The molecule has 1 atom stereocenters.